The highest BCUT2D eigenvalue weighted by Gasteiger charge is 2.24. The minimum absolute atomic E-state index is 0.120. The fourth-order valence-corrected chi connectivity index (χ4v) is 2.92. The topological polar surface area (TPSA) is 84.9 Å². The van der Waals surface area contributed by atoms with Gasteiger partial charge >= 0.3 is 5.97 Å². The van der Waals surface area contributed by atoms with Crippen LogP contribution in [-0.2, 0) is 14.3 Å². The molecule has 0 atom stereocenters. The van der Waals surface area contributed by atoms with Crippen LogP contribution in [0.25, 0.3) is 0 Å². The SMILES string of the molecule is Cc1cccc(C)c1OCCOC(=O)c1ccc(N2NC(=O)CCC2=O)cc1. The molecule has 0 aromatic heterocycles. The number of nitrogens with one attached hydrogen (secondary N) is 1. The number of nitrogens with zero attached hydrogens (tertiary/aromatic N) is 1. The molecule has 1 N–H and O–H groups in total. The molecule has 0 spiro atoms. The quantitative estimate of drug-likeness (QED) is 0.613. The Morgan fingerprint density at radius 2 is 1.68 bits per heavy atom. The van der Waals surface area contributed by atoms with E-state index in [0.717, 1.165) is 16.9 Å². The summed E-state index contributed by atoms with van der Waals surface area (Å²) in [5, 5.41) is 1.19. The highest BCUT2D eigenvalue weighted by molar-refractivity contribution is 6.01. The van der Waals surface area contributed by atoms with Crippen LogP contribution in [0.5, 0.6) is 5.75 Å². The van der Waals surface area contributed by atoms with E-state index in [0.29, 0.717) is 11.3 Å². The Morgan fingerprint density at radius 1 is 1.00 bits per heavy atom. The van der Waals surface area contributed by atoms with Crippen LogP contribution >= 0.6 is 0 Å². The van der Waals surface area contributed by atoms with Crippen molar-refractivity contribution in [3.63, 3.8) is 0 Å². The van der Waals surface area contributed by atoms with Crippen LogP contribution in [-0.4, -0.2) is 31.0 Å². The van der Waals surface area contributed by atoms with Gasteiger partial charge in [-0.05, 0) is 49.2 Å². The van der Waals surface area contributed by atoms with E-state index in [9.17, 15) is 14.4 Å². The summed E-state index contributed by atoms with van der Waals surface area (Å²) in [7, 11) is 0. The Labute approximate surface area is 163 Å². The van der Waals surface area contributed by atoms with Crippen molar-refractivity contribution < 1.29 is 23.9 Å². The first-order valence-electron chi connectivity index (χ1n) is 9.04. The van der Waals surface area contributed by atoms with E-state index < -0.39 is 5.97 Å². The zero-order chi connectivity index (χ0) is 20.1. The fourth-order valence-electron chi connectivity index (χ4n) is 2.92. The molecule has 0 bridgehead atoms. The minimum Gasteiger partial charge on any atom is -0.489 e. The molecule has 3 rings (SSSR count). The van der Waals surface area contributed by atoms with Crippen molar-refractivity contribution in [2.75, 3.05) is 18.2 Å². The van der Waals surface area contributed by atoms with Gasteiger partial charge in [-0.3, -0.25) is 15.0 Å². The zero-order valence-corrected chi connectivity index (χ0v) is 15.9. The molecule has 2 aromatic carbocycles. The van der Waals surface area contributed by atoms with Gasteiger partial charge in [0.1, 0.15) is 19.0 Å². The van der Waals surface area contributed by atoms with Gasteiger partial charge in [-0.15, -0.1) is 0 Å². The van der Waals surface area contributed by atoms with Crippen molar-refractivity contribution in [1.29, 1.82) is 0 Å². The normalized spacial score (nSPS) is 13.9. The summed E-state index contributed by atoms with van der Waals surface area (Å²) in [6.45, 7) is 4.30. The molecule has 1 aliphatic heterocycles. The fraction of sp³-hybridized carbons (Fsp3) is 0.286. The second-order valence-corrected chi connectivity index (χ2v) is 6.52. The van der Waals surface area contributed by atoms with E-state index in [2.05, 4.69) is 5.43 Å². The molecule has 0 aliphatic carbocycles. The predicted molar refractivity (Wildman–Crippen MR) is 103 cm³/mol. The molecule has 7 nitrogen and oxygen atoms in total. The maximum absolute atomic E-state index is 12.2. The number of amides is 2. The smallest absolute Gasteiger partial charge is 0.338 e. The van der Waals surface area contributed by atoms with E-state index in [1.54, 1.807) is 24.3 Å². The lowest BCUT2D eigenvalue weighted by Gasteiger charge is -2.27. The van der Waals surface area contributed by atoms with Crippen LogP contribution < -0.4 is 15.2 Å². The molecule has 2 amide bonds. The Hall–Kier alpha value is -3.35. The van der Waals surface area contributed by atoms with Crippen molar-refractivity contribution in [3.8, 4) is 5.75 Å². The molecule has 1 fully saturated rings. The third-order valence-corrected chi connectivity index (χ3v) is 4.38. The Bertz CT molecular complexity index is 872. The monoisotopic (exact) mass is 382 g/mol. The minimum atomic E-state index is -0.481. The molecule has 0 saturated carbocycles. The second-order valence-electron chi connectivity index (χ2n) is 6.52. The number of hydrazine groups is 1. The van der Waals surface area contributed by atoms with Crippen molar-refractivity contribution in [3.05, 3.63) is 59.2 Å². The molecule has 2 aromatic rings. The van der Waals surface area contributed by atoms with Gasteiger partial charge in [0.15, 0.2) is 0 Å². The van der Waals surface area contributed by atoms with Crippen LogP contribution in [0, 0.1) is 13.8 Å². The van der Waals surface area contributed by atoms with Gasteiger partial charge < -0.3 is 9.47 Å². The number of para-hydroxylation sites is 1. The first-order valence-corrected chi connectivity index (χ1v) is 9.04. The Balaban J connectivity index is 1.52. The van der Waals surface area contributed by atoms with Crippen LogP contribution in [0.1, 0.15) is 34.3 Å². The van der Waals surface area contributed by atoms with Crippen LogP contribution in [0.3, 0.4) is 0 Å². The number of carbonyl (C=O) groups is 3. The number of esters is 1. The molecule has 0 unspecified atom stereocenters. The summed E-state index contributed by atoms with van der Waals surface area (Å²) in [5.41, 5.74) is 5.41. The lowest BCUT2D eigenvalue weighted by molar-refractivity contribution is -0.130. The van der Waals surface area contributed by atoms with E-state index >= 15 is 0 Å². The lowest BCUT2D eigenvalue weighted by Crippen LogP contribution is -2.50. The van der Waals surface area contributed by atoms with Crippen LogP contribution in [0.15, 0.2) is 42.5 Å². The van der Waals surface area contributed by atoms with Gasteiger partial charge in [-0.2, -0.15) is 0 Å². The average molecular weight is 382 g/mol. The van der Waals surface area contributed by atoms with Gasteiger partial charge in [-0.1, -0.05) is 18.2 Å². The summed E-state index contributed by atoms with van der Waals surface area (Å²) in [4.78, 5) is 35.5. The van der Waals surface area contributed by atoms with Crippen molar-refractivity contribution in [2.24, 2.45) is 0 Å². The standard InChI is InChI=1S/C21H22N2O5/c1-14-4-3-5-15(2)20(14)27-12-13-28-21(26)16-6-8-17(9-7-16)23-19(25)11-10-18(24)22-23/h3-9H,10-13H2,1-2H3,(H,22,24). The molecular formula is C21H22N2O5. The van der Waals surface area contributed by atoms with E-state index in [-0.39, 0.29) is 37.9 Å². The molecular weight excluding hydrogens is 360 g/mol. The van der Waals surface area contributed by atoms with Crippen molar-refractivity contribution in [2.45, 2.75) is 26.7 Å². The second kappa shape index (κ2) is 8.56. The molecule has 1 saturated heterocycles. The number of hydrogen-bond acceptors (Lipinski definition) is 5. The maximum atomic E-state index is 12.2. The molecule has 1 heterocycles. The summed E-state index contributed by atoms with van der Waals surface area (Å²) in [5.74, 6) is -0.0904. The summed E-state index contributed by atoms with van der Waals surface area (Å²) in [6.07, 6.45) is 0.347. The third-order valence-electron chi connectivity index (χ3n) is 4.38. The van der Waals surface area contributed by atoms with Gasteiger partial charge in [0.05, 0.1) is 11.3 Å². The van der Waals surface area contributed by atoms with Crippen molar-refractivity contribution >= 4 is 23.5 Å². The molecule has 146 valence electrons. The summed E-state index contributed by atoms with van der Waals surface area (Å²) >= 11 is 0. The predicted octanol–water partition coefficient (Wildman–Crippen LogP) is 2.70. The molecule has 0 radical (unpaired) electrons. The Kier molecular flexibility index (Phi) is 5.93. The highest BCUT2D eigenvalue weighted by atomic mass is 16.6. The van der Waals surface area contributed by atoms with Crippen LogP contribution in [0.4, 0.5) is 5.69 Å². The first kappa shape index (κ1) is 19.4. The molecule has 7 heteroatoms. The average Bonchev–Trinajstić information content (AvgIpc) is 2.69. The largest absolute Gasteiger partial charge is 0.489 e. The third kappa shape index (κ3) is 4.49. The highest BCUT2D eigenvalue weighted by Crippen LogP contribution is 2.22. The number of rotatable bonds is 6. The molecule has 1 aliphatic rings. The van der Waals surface area contributed by atoms with Gasteiger partial charge in [0, 0.05) is 12.8 Å². The van der Waals surface area contributed by atoms with E-state index in [4.69, 9.17) is 9.47 Å². The number of carbonyl (C=O) groups excluding carboxylic acids is 3. The van der Waals surface area contributed by atoms with Gasteiger partial charge in [0.25, 0.3) is 0 Å². The van der Waals surface area contributed by atoms with Gasteiger partial charge in [-0.25, -0.2) is 9.80 Å². The lowest BCUT2D eigenvalue weighted by atomic mass is 10.1. The van der Waals surface area contributed by atoms with Crippen molar-refractivity contribution in [1.82, 2.24) is 5.43 Å². The maximum Gasteiger partial charge on any atom is 0.338 e. The summed E-state index contributed by atoms with van der Waals surface area (Å²) < 4.78 is 11.0. The number of ether oxygens (including phenoxy) is 2. The zero-order valence-electron chi connectivity index (χ0n) is 15.9. The first-order chi connectivity index (χ1) is 13.5. The summed E-state index contributed by atoms with van der Waals surface area (Å²) in [6, 6.07) is 12.2. The Morgan fingerprint density at radius 3 is 2.36 bits per heavy atom. The number of anilines is 1. The van der Waals surface area contributed by atoms with Gasteiger partial charge in [0.2, 0.25) is 11.8 Å². The molecule has 28 heavy (non-hydrogen) atoms. The van der Waals surface area contributed by atoms with E-state index in [1.165, 1.54) is 5.01 Å². The number of hydrogen-bond donors (Lipinski definition) is 1. The van der Waals surface area contributed by atoms with Crippen LogP contribution in [0.2, 0.25) is 0 Å². The number of aryl methyl sites for hydroxylation is 2. The van der Waals surface area contributed by atoms with E-state index in [1.807, 2.05) is 32.0 Å². The number of benzene rings is 2.